The van der Waals surface area contributed by atoms with Crippen molar-refractivity contribution in [3.8, 4) is 0 Å². The Morgan fingerprint density at radius 3 is 2.72 bits per heavy atom. The van der Waals surface area contributed by atoms with Gasteiger partial charge in [-0.1, -0.05) is 17.7 Å². The van der Waals surface area contributed by atoms with Crippen LogP contribution in [0.2, 0.25) is 0 Å². The standard InChI is InChI=1S/C19H19N3O2S/c1-21-8-6-13(7-9-21)10-18(23)22-16-5-3-2-4-15(16)20-19(24)14-11-25-12-17(14)22/h2-5,10-12H,6-9H2,1H3,(H,20,24). The van der Waals surface area contributed by atoms with Gasteiger partial charge in [0.15, 0.2) is 0 Å². The molecule has 1 fully saturated rings. The predicted molar refractivity (Wildman–Crippen MR) is 101 cm³/mol. The summed E-state index contributed by atoms with van der Waals surface area (Å²) < 4.78 is 0. The largest absolute Gasteiger partial charge is 0.320 e. The van der Waals surface area contributed by atoms with E-state index in [2.05, 4.69) is 17.3 Å². The molecule has 1 N–H and O–H groups in total. The first-order valence-electron chi connectivity index (χ1n) is 8.32. The van der Waals surface area contributed by atoms with Crippen LogP contribution in [-0.4, -0.2) is 36.9 Å². The molecule has 1 saturated heterocycles. The summed E-state index contributed by atoms with van der Waals surface area (Å²) in [5, 5.41) is 6.56. The van der Waals surface area contributed by atoms with Crippen LogP contribution >= 0.6 is 11.3 Å². The first-order chi connectivity index (χ1) is 12.1. The average Bonchev–Trinajstić information content (AvgIpc) is 3.04. The average molecular weight is 353 g/mol. The predicted octanol–water partition coefficient (Wildman–Crippen LogP) is 3.63. The number of nitrogens with one attached hydrogen (secondary N) is 1. The number of likely N-dealkylation sites (tertiary alicyclic amines) is 1. The lowest BCUT2D eigenvalue weighted by atomic mass is 10.0. The maximum absolute atomic E-state index is 13.1. The fourth-order valence-corrected chi connectivity index (χ4v) is 4.05. The molecule has 3 heterocycles. The zero-order valence-electron chi connectivity index (χ0n) is 14.0. The number of benzene rings is 1. The molecule has 25 heavy (non-hydrogen) atoms. The van der Waals surface area contributed by atoms with Crippen LogP contribution in [-0.2, 0) is 4.79 Å². The third kappa shape index (κ3) is 2.99. The van der Waals surface area contributed by atoms with Crippen LogP contribution in [0.3, 0.4) is 0 Å². The summed E-state index contributed by atoms with van der Waals surface area (Å²) in [6, 6.07) is 7.43. The maximum atomic E-state index is 13.1. The van der Waals surface area contributed by atoms with Gasteiger partial charge in [-0.2, -0.15) is 0 Å². The Hall–Kier alpha value is -2.44. The van der Waals surface area contributed by atoms with Gasteiger partial charge in [0.05, 0.1) is 22.6 Å². The normalized spacial score (nSPS) is 17.4. The lowest BCUT2D eigenvalue weighted by Crippen LogP contribution is -2.28. The van der Waals surface area contributed by atoms with E-state index in [4.69, 9.17) is 0 Å². The molecule has 0 radical (unpaired) electrons. The summed E-state index contributed by atoms with van der Waals surface area (Å²) in [4.78, 5) is 29.5. The summed E-state index contributed by atoms with van der Waals surface area (Å²) in [5.74, 6) is -0.269. The van der Waals surface area contributed by atoms with Gasteiger partial charge < -0.3 is 10.2 Å². The molecule has 0 unspecified atom stereocenters. The summed E-state index contributed by atoms with van der Waals surface area (Å²) in [6.07, 6.45) is 3.57. The van der Waals surface area contributed by atoms with Crippen molar-refractivity contribution in [3.05, 3.63) is 52.2 Å². The lowest BCUT2D eigenvalue weighted by molar-refractivity contribution is -0.113. The first-order valence-corrected chi connectivity index (χ1v) is 9.26. The fraction of sp³-hybridized carbons (Fsp3) is 0.263. The van der Waals surface area contributed by atoms with Gasteiger partial charge in [0.25, 0.3) is 11.8 Å². The molecule has 0 saturated carbocycles. The van der Waals surface area contributed by atoms with Crippen LogP contribution < -0.4 is 10.2 Å². The second-order valence-electron chi connectivity index (χ2n) is 6.42. The molecule has 2 amide bonds. The molecule has 1 aromatic carbocycles. The minimum absolute atomic E-state index is 0.0943. The van der Waals surface area contributed by atoms with Gasteiger partial charge >= 0.3 is 0 Å². The number of hydrogen-bond acceptors (Lipinski definition) is 4. The minimum atomic E-state index is -0.175. The Kier molecular flexibility index (Phi) is 4.15. The molecule has 0 aliphatic carbocycles. The van der Waals surface area contributed by atoms with Gasteiger partial charge in [0.2, 0.25) is 0 Å². The molecule has 2 aromatic rings. The Morgan fingerprint density at radius 1 is 1.16 bits per heavy atom. The molecule has 4 rings (SSSR count). The third-order valence-corrected chi connectivity index (χ3v) is 5.43. The molecule has 5 nitrogen and oxygen atoms in total. The summed E-state index contributed by atoms with van der Waals surface area (Å²) in [7, 11) is 2.10. The Balaban J connectivity index is 1.76. The van der Waals surface area contributed by atoms with Gasteiger partial charge in [-0.3, -0.25) is 14.5 Å². The van der Waals surface area contributed by atoms with Gasteiger partial charge in [0, 0.05) is 29.9 Å². The monoisotopic (exact) mass is 353 g/mol. The molecule has 1 aromatic heterocycles. The summed E-state index contributed by atoms with van der Waals surface area (Å²) >= 11 is 1.43. The number of thiophene rings is 1. The van der Waals surface area contributed by atoms with E-state index in [0.29, 0.717) is 22.6 Å². The number of fused-ring (bicyclic) bond motifs is 2. The number of para-hydroxylation sites is 2. The Labute approximate surface area is 150 Å². The topological polar surface area (TPSA) is 52.7 Å². The van der Waals surface area contributed by atoms with Crippen LogP contribution in [0, 0.1) is 0 Å². The summed E-state index contributed by atoms with van der Waals surface area (Å²) in [5.41, 5.74) is 3.73. The molecular weight excluding hydrogens is 334 g/mol. The van der Waals surface area contributed by atoms with Crippen molar-refractivity contribution >= 4 is 40.2 Å². The van der Waals surface area contributed by atoms with E-state index in [1.807, 2.05) is 29.6 Å². The van der Waals surface area contributed by atoms with E-state index < -0.39 is 0 Å². The Bertz CT molecular complexity index is 861. The van der Waals surface area contributed by atoms with Crippen molar-refractivity contribution in [1.29, 1.82) is 0 Å². The van der Waals surface area contributed by atoms with Gasteiger partial charge in [-0.15, -0.1) is 11.3 Å². The number of hydrogen-bond donors (Lipinski definition) is 1. The van der Waals surface area contributed by atoms with E-state index in [-0.39, 0.29) is 11.8 Å². The number of anilines is 3. The van der Waals surface area contributed by atoms with Crippen molar-refractivity contribution in [1.82, 2.24) is 4.90 Å². The van der Waals surface area contributed by atoms with E-state index in [1.54, 1.807) is 16.4 Å². The third-order valence-electron chi connectivity index (χ3n) is 4.70. The van der Waals surface area contributed by atoms with E-state index in [0.717, 1.165) is 25.9 Å². The highest BCUT2D eigenvalue weighted by Gasteiger charge is 2.29. The highest BCUT2D eigenvalue weighted by molar-refractivity contribution is 7.08. The first kappa shape index (κ1) is 16.1. The van der Waals surface area contributed by atoms with Crippen LogP contribution in [0.1, 0.15) is 23.2 Å². The fourth-order valence-electron chi connectivity index (χ4n) is 3.25. The second-order valence-corrected chi connectivity index (χ2v) is 7.17. The highest BCUT2D eigenvalue weighted by atomic mass is 32.1. The minimum Gasteiger partial charge on any atom is -0.320 e. The van der Waals surface area contributed by atoms with Gasteiger partial charge in [0.1, 0.15) is 0 Å². The molecule has 6 heteroatoms. The number of carbonyl (C=O) groups excluding carboxylic acids is 2. The number of piperidine rings is 1. The number of nitrogens with zero attached hydrogens (tertiary/aromatic N) is 2. The van der Waals surface area contributed by atoms with Crippen LogP contribution in [0.4, 0.5) is 17.1 Å². The SMILES string of the molecule is CN1CCC(=CC(=O)N2c3ccccc3NC(=O)c3cscc32)CC1. The van der Waals surface area contributed by atoms with Gasteiger partial charge in [-0.25, -0.2) is 0 Å². The molecule has 0 spiro atoms. The van der Waals surface area contributed by atoms with Crippen LogP contribution in [0.15, 0.2) is 46.7 Å². The molecule has 128 valence electrons. The van der Waals surface area contributed by atoms with Gasteiger partial charge in [-0.05, 0) is 32.0 Å². The molecule has 0 atom stereocenters. The number of carbonyl (C=O) groups is 2. The van der Waals surface area contributed by atoms with Crippen molar-refractivity contribution in [3.63, 3.8) is 0 Å². The van der Waals surface area contributed by atoms with Crippen molar-refractivity contribution in [2.75, 3.05) is 30.4 Å². The second kappa shape index (κ2) is 6.46. The molecule has 2 aliphatic heterocycles. The number of rotatable bonds is 1. The lowest BCUT2D eigenvalue weighted by Gasteiger charge is -2.25. The van der Waals surface area contributed by atoms with E-state index >= 15 is 0 Å². The quantitative estimate of drug-likeness (QED) is 0.797. The van der Waals surface area contributed by atoms with Crippen molar-refractivity contribution < 1.29 is 9.59 Å². The zero-order valence-corrected chi connectivity index (χ0v) is 14.8. The number of amides is 2. The van der Waals surface area contributed by atoms with Crippen LogP contribution in [0.25, 0.3) is 0 Å². The van der Waals surface area contributed by atoms with E-state index in [1.165, 1.54) is 16.9 Å². The molecule has 2 aliphatic rings. The van der Waals surface area contributed by atoms with Crippen LogP contribution in [0.5, 0.6) is 0 Å². The maximum Gasteiger partial charge on any atom is 0.258 e. The van der Waals surface area contributed by atoms with Crippen molar-refractivity contribution in [2.45, 2.75) is 12.8 Å². The smallest absolute Gasteiger partial charge is 0.258 e. The van der Waals surface area contributed by atoms with E-state index in [9.17, 15) is 9.59 Å². The molecular formula is C19H19N3O2S. The van der Waals surface area contributed by atoms with Crippen molar-refractivity contribution in [2.24, 2.45) is 0 Å². The molecule has 0 bridgehead atoms. The Morgan fingerprint density at radius 2 is 1.92 bits per heavy atom. The highest BCUT2D eigenvalue weighted by Crippen LogP contribution is 2.39. The summed E-state index contributed by atoms with van der Waals surface area (Å²) in [6.45, 7) is 1.94. The zero-order chi connectivity index (χ0) is 17.4.